The first-order chi connectivity index (χ1) is 4.81. The third-order valence-electron chi connectivity index (χ3n) is 2.60. The standard InChI is InChI=1S/C8H12O2/c1-2-5-3-6-7(9)4-8(6)10-5/h5-6,8H,2-4H2,1H3. The number of ether oxygens (including phenoxy) is 1. The molecule has 10 heavy (non-hydrogen) atoms. The second-order valence-electron chi connectivity index (χ2n) is 3.22. The molecule has 0 aromatic rings. The van der Waals surface area contributed by atoms with Gasteiger partial charge in [-0.1, -0.05) is 6.92 Å². The smallest absolute Gasteiger partial charge is 0.141 e. The van der Waals surface area contributed by atoms with Crippen LogP contribution in [-0.4, -0.2) is 18.0 Å². The zero-order valence-corrected chi connectivity index (χ0v) is 6.17. The highest BCUT2D eigenvalue weighted by atomic mass is 16.5. The molecule has 3 atom stereocenters. The fraction of sp³-hybridized carbons (Fsp3) is 0.875. The van der Waals surface area contributed by atoms with Crippen LogP contribution in [0.4, 0.5) is 0 Å². The Bertz CT molecular complexity index is 165. The van der Waals surface area contributed by atoms with Gasteiger partial charge in [0.1, 0.15) is 5.78 Å². The molecule has 2 aliphatic rings. The monoisotopic (exact) mass is 140 g/mol. The largest absolute Gasteiger partial charge is 0.374 e. The van der Waals surface area contributed by atoms with Gasteiger partial charge in [0.05, 0.1) is 12.2 Å². The summed E-state index contributed by atoms with van der Waals surface area (Å²) in [4.78, 5) is 10.9. The van der Waals surface area contributed by atoms with Crippen LogP contribution in [0.5, 0.6) is 0 Å². The lowest BCUT2D eigenvalue weighted by atomic mass is 9.79. The fourth-order valence-electron chi connectivity index (χ4n) is 1.81. The molecular formula is C8H12O2. The molecule has 3 unspecified atom stereocenters. The van der Waals surface area contributed by atoms with Gasteiger partial charge < -0.3 is 4.74 Å². The van der Waals surface area contributed by atoms with Crippen LogP contribution in [0.1, 0.15) is 26.2 Å². The number of hydrogen-bond acceptors (Lipinski definition) is 2. The van der Waals surface area contributed by atoms with E-state index in [0.717, 1.165) is 12.8 Å². The molecule has 1 heterocycles. The van der Waals surface area contributed by atoms with Crippen molar-refractivity contribution in [3.8, 4) is 0 Å². The van der Waals surface area contributed by atoms with Crippen molar-refractivity contribution in [2.45, 2.75) is 38.4 Å². The van der Waals surface area contributed by atoms with Crippen molar-refractivity contribution in [2.24, 2.45) is 5.92 Å². The Kier molecular flexibility index (Phi) is 1.31. The summed E-state index contributed by atoms with van der Waals surface area (Å²) in [7, 11) is 0. The van der Waals surface area contributed by atoms with E-state index in [-0.39, 0.29) is 5.92 Å². The third-order valence-corrected chi connectivity index (χ3v) is 2.60. The molecule has 2 heteroatoms. The predicted octanol–water partition coefficient (Wildman–Crippen LogP) is 1.14. The van der Waals surface area contributed by atoms with Gasteiger partial charge in [-0.25, -0.2) is 0 Å². The summed E-state index contributed by atoms with van der Waals surface area (Å²) in [6.07, 6.45) is 3.40. The van der Waals surface area contributed by atoms with E-state index in [1.165, 1.54) is 0 Å². The number of carbonyl (C=O) groups is 1. The molecule has 56 valence electrons. The Hall–Kier alpha value is -0.370. The number of Topliss-reactive ketones (excluding diaryl/α,β-unsaturated/α-hetero) is 1. The van der Waals surface area contributed by atoms with E-state index >= 15 is 0 Å². The van der Waals surface area contributed by atoms with Crippen LogP contribution in [0.2, 0.25) is 0 Å². The highest BCUT2D eigenvalue weighted by molar-refractivity contribution is 5.88. The van der Waals surface area contributed by atoms with Crippen molar-refractivity contribution in [1.82, 2.24) is 0 Å². The minimum atomic E-state index is 0.282. The summed E-state index contributed by atoms with van der Waals surface area (Å²) in [6, 6.07) is 0. The highest BCUT2D eigenvalue weighted by Gasteiger charge is 2.47. The van der Waals surface area contributed by atoms with Crippen molar-refractivity contribution in [3.05, 3.63) is 0 Å². The zero-order valence-electron chi connectivity index (χ0n) is 6.17. The molecule has 0 amide bonds. The lowest BCUT2D eigenvalue weighted by Crippen LogP contribution is -2.38. The van der Waals surface area contributed by atoms with Crippen molar-refractivity contribution in [3.63, 3.8) is 0 Å². The molecule has 1 saturated heterocycles. The number of fused-ring (bicyclic) bond motifs is 1. The predicted molar refractivity (Wildman–Crippen MR) is 36.7 cm³/mol. The lowest BCUT2D eigenvalue weighted by molar-refractivity contribution is -0.137. The zero-order chi connectivity index (χ0) is 7.14. The number of rotatable bonds is 1. The molecule has 0 aromatic heterocycles. The number of carbonyl (C=O) groups excluding carboxylic acids is 1. The molecule has 2 nitrogen and oxygen atoms in total. The average molecular weight is 140 g/mol. The molecule has 1 saturated carbocycles. The topological polar surface area (TPSA) is 26.3 Å². The number of hydrogen-bond donors (Lipinski definition) is 0. The van der Waals surface area contributed by atoms with Gasteiger partial charge in [0.2, 0.25) is 0 Å². The molecule has 0 N–H and O–H groups in total. The van der Waals surface area contributed by atoms with Crippen molar-refractivity contribution < 1.29 is 9.53 Å². The summed E-state index contributed by atoms with van der Waals surface area (Å²) < 4.78 is 5.56. The number of ketones is 1. The van der Waals surface area contributed by atoms with E-state index < -0.39 is 0 Å². The van der Waals surface area contributed by atoms with Crippen molar-refractivity contribution >= 4 is 5.78 Å². The van der Waals surface area contributed by atoms with Crippen molar-refractivity contribution in [2.75, 3.05) is 0 Å². The Morgan fingerprint density at radius 3 is 3.00 bits per heavy atom. The first-order valence-electron chi connectivity index (χ1n) is 3.99. The Morgan fingerprint density at radius 1 is 1.70 bits per heavy atom. The van der Waals surface area contributed by atoms with Gasteiger partial charge in [0.25, 0.3) is 0 Å². The molecular weight excluding hydrogens is 128 g/mol. The van der Waals surface area contributed by atoms with Gasteiger partial charge in [-0.3, -0.25) is 4.79 Å². The van der Waals surface area contributed by atoms with Gasteiger partial charge in [-0.05, 0) is 12.8 Å². The molecule has 0 bridgehead atoms. The summed E-state index contributed by atoms with van der Waals surface area (Å²) in [5.41, 5.74) is 0. The SMILES string of the molecule is CCC1CC2C(=O)CC2O1. The van der Waals surface area contributed by atoms with Crippen LogP contribution in [0, 0.1) is 5.92 Å². The molecule has 2 rings (SSSR count). The molecule has 0 aromatic carbocycles. The first-order valence-corrected chi connectivity index (χ1v) is 3.99. The van der Waals surface area contributed by atoms with E-state index in [4.69, 9.17) is 4.74 Å². The molecule has 0 spiro atoms. The van der Waals surface area contributed by atoms with E-state index in [0.29, 0.717) is 24.4 Å². The molecule has 0 radical (unpaired) electrons. The van der Waals surface area contributed by atoms with Crippen LogP contribution in [0.15, 0.2) is 0 Å². The van der Waals surface area contributed by atoms with Gasteiger partial charge in [0, 0.05) is 12.3 Å². The van der Waals surface area contributed by atoms with Crippen LogP contribution in [-0.2, 0) is 9.53 Å². The van der Waals surface area contributed by atoms with Gasteiger partial charge in [-0.15, -0.1) is 0 Å². The average Bonchev–Trinajstić information content (AvgIpc) is 2.26. The summed E-state index contributed by atoms with van der Waals surface area (Å²) in [5.74, 6) is 0.700. The van der Waals surface area contributed by atoms with E-state index in [1.807, 2.05) is 0 Å². The Morgan fingerprint density at radius 2 is 2.50 bits per heavy atom. The van der Waals surface area contributed by atoms with Gasteiger partial charge in [0.15, 0.2) is 0 Å². The van der Waals surface area contributed by atoms with E-state index in [2.05, 4.69) is 6.92 Å². The van der Waals surface area contributed by atoms with Crippen LogP contribution >= 0.6 is 0 Å². The minimum Gasteiger partial charge on any atom is -0.374 e. The van der Waals surface area contributed by atoms with Gasteiger partial charge in [-0.2, -0.15) is 0 Å². The van der Waals surface area contributed by atoms with Gasteiger partial charge >= 0.3 is 0 Å². The summed E-state index contributed by atoms with van der Waals surface area (Å²) >= 11 is 0. The second-order valence-corrected chi connectivity index (χ2v) is 3.22. The summed E-state index contributed by atoms with van der Waals surface area (Å²) in [6.45, 7) is 2.11. The Labute approximate surface area is 60.6 Å². The maximum atomic E-state index is 10.9. The second kappa shape index (κ2) is 2.06. The van der Waals surface area contributed by atoms with E-state index in [9.17, 15) is 4.79 Å². The van der Waals surface area contributed by atoms with Crippen LogP contribution in [0.25, 0.3) is 0 Å². The maximum absolute atomic E-state index is 10.9. The summed E-state index contributed by atoms with van der Waals surface area (Å²) in [5, 5.41) is 0. The quantitative estimate of drug-likeness (QED) is 0.546. The molecule has 1 aliphatic carbocycles. The molecule has 2 fully saturated rings. The third kappa shape index (κ3) is 0.717. The fourth-order valence-corrected chi connectivity index (χ4v) is 1.81. The minimum absolute atomic E-state index is 0.282. The lowest BCUT2D eigenvalue weighted by Gasteiger charge is -2.26. The van der Waals surface area contributed by atoms with Crippen molar-refractivity contribution in [1.29, 1.82) is 0 Å². The van der Waals surface area contributed by atoms with Crippen LogP contribution < -0.4 is 0 Å². The normalized spacial score (nSPS) is 44.9. The maximum Gasteiger partial charge on any atom is 0.141 e. The van der Waals surface area contributed by atoms with Crippen LogP contribution in [0.3, 0.4) is 0 Å². The van der Waals surface area contributed by atoms with E-state index in [1.54, 1.807) is 0 Å². The Balaban J connectivity index is 1.99. The first kappa shape index (κ1) is 6.35. The molecule has 1 aliphatic heterocycles. The highest BCUT2D eigenvalue weighted by Crippen LogP contribution is 2.39.